The maximum atomic E-state index is 13.3. The zero-order valence-electron chi connectivity index (χ0n) is 22.4. The average molecular weight is 597 g/mol. The van der Waals surface area contributed by atoms with Gasteiger partial charge in [0.1, 0.15) is 23.4 Å². The van der Waals surface area contributed by atoms with Crippen molar-refractivity contribution in [3.8, 4) is 11.6 Å². The molecule has 2 saturated heterocycles. The van der Waals surface area contributed by atoms with Gasteiger partial charge in [0.15, 0.2) is 0 Å². The number of nitrogens with one attached hydrogen (secondary N) is 2. The number of benzene rings is 1. The smallest absolute Gasteiger partial charge is 0.244 e. The van der Waals surface area contributed by atoms with Crippen LogP contribution in [0.3, 0.4) is 0 Å². The molecule has 0 unspecified atom stereocenters. The topological polar surface area (TPSA) is 156 Å². The summed E-state index contributed by atoms with van der Waals surface area (Å²) in [6.07, 6.45) is 4.06. The van der Waals surface area contributed by atoms with E-state index < -0.39 is 31.8 Å². The third-order valence-corrected chi connectivity index (χ3v) is 11.0. The van der Waals surface area contributed by atoms with Crippen LogP contribution in [0.5, 0.6) is 11.6 Å². The van der Waals surface area contributed by atoms with E-state index in [2.05, 4.69) is 15.0 Å². The number of nitrogens with zero attached hydrogens (tertiary/aromatic N) is 2. The van der Waals surface area contributed by atoms with Crippen molar-refractivity contribution < 1.29 is 36.2 Å². The third kappa shape index (κ3) is 6.43. The molecule has 0 amide bonds. The van der Waals surface area contributed by atoms with E-state index >= 15 is 0 Å². The SMILES string of the molecule is CNS(=O)(=O)c1cccc(OC[C@@H](O)CN[C@H]2COC3(CCN(S(=O)(=O)c4cnc5c(c4)CCCO5)CC3)C2)c1. The summed E-state index contributed by atoms with van der Waals surface area (Å²) < 4.78 is 71.5. The molecular formula is C26H36N4O8S2. The normalized spacial score (nSPS) is 22.0. The van der Waals surface area contributed by atoms with E-state index in [0.717, 1.165) is 24.8 Å². The molecule has 40 heavy (non-hydrogen) atoms. The standard InChI is InChI=1S/C26H36N4O8S2/c1-27-39(32,33)23-6-2-5-22(13-23)37-18-21(31)15-28-20-14-26(38-17-20)7-9-30(10-8-26)40(34,35)24-12-19-4-3-11-36-25(19)29-16-24/h2,5-6,12-13,16,20-21,27-28,31H,3-4,7-11,14-15,17-18H2,1H3/t20-,21+/m1/s1. The highest BCUT2D eigenvalue weighted by Gasteiger charge is 2.45. The molecule has 3 aliphatic rings. The summed E-state index contributed by atoms with van der Waals surface area (Å²) in [5.74, 6) is 0.867. The second-order valence-corrected chi connectivity index (χ2v) is 14.3. The second kappa shape index (κ2) is 11.9. The maximum Gasteiger partial charge on any atom is 0.244 e. The Labute approximate surface area is 235 Å². The van der Waals surface area contributed by atoms with Gasteiger partial charge < -0.3 is 24.6 Å². The van der Waals surface area contributed by atoms with E-state index in [0.29, 0.717) is 50.8 Å². The number of aliphatic hydroxyl groups excluding tert-OH is 1. The predicted molar refractivity (Wildman–Crippen MR) is 145 cm³/mol. The predicted octanol–water partition coefficient (Wildman–Crippen LogP) is 0.656. The van der Waals surface area contributed by atoms with Crippen LogP contribution in [0.1, 0.15) is 31.2 Å². The van der Waals surface area contributed by atoms with Gasteiger partial charge in [0, 0.05) is 37.3 Å². The van der Waals surface area contributed by atoms with Gasteiger partial charge in [0.05, 0.1) is 29.9 Å². The minimum absolute atomic E-state index is 0.00866. The highest BCUT2D eigenvalue weighted by atomic mass is 32.2. The number of aromatic nitrogens is 1. The van der Waals surface area contributed by atoms with E-state index in [1.807, 2.05) is 0 Å². The number of aliphatic hydroxyl groups is 1. The Hall–Kier alpha value is -2.33. The van der Waals surface area contributed by atoms with Gasteiger partial charge in [-0.05, 0) is 57.4 Å². The van der Waals surface area contributed by atoms with Crippen molar-refractivity contribution in [1.29, 1.82) is 0 Å². The molecule has 220 valence electrons. The maximum absolute atomic E-state index is 13.3. The summed E-state index contributed by atoms with van der Waals surface area (Å²) in [7, 11) is -5.91. The van der Waals surface area contributed by atoms with Gasteiger partial charge in [-0.3, -0.25) is 0 Å². The van der Waals surface area contributed by atoms with Crippen molar-refractivity contribution in [3.63, 3.8) is 0 Å². The molecule has 12 nitrogen and oxygen atoms in total. The Bertz CT molecular complexity index is 1410. The number of aryl methyl sites for hydroxylation is 1. The van der Waals surface area contributed by atoms with Crippen LogP contribution in [0.2, 0.25) is 0 Å². The summed E-state index contributed by atoms with van der Waals surface area (Å²) in [6, 6.07) is 7.79. The lowest BCUT2D eigenvalue weighted by Crippen LogP contribution is -2.47. The van der Waals surface area contributed by atoms with Crippen molar-refractivity contribution in [2.45, 2.75) is 59.6 Å². The lowest BCUT2D eigenvalue weighted by molar-refractivity contribution is -0.0312. The quantitative estimate of drug-likeness (QED) is 0.356. The fourth-order valence-corrected chi connectivity index (χ4v) is 7.57. The van der Waals surface area contributed by atoms with Crippen molar-refractivity contribution in [2.75, 3.05) is 46.5 Å². The number of ether oxygens (including phenoxy) is 3. The number of rotatable bonds is 10. The molecule has 2 atom stereocenters. The zero-order valence-corrected chi connectivity index (χ0v) is 24.0. The molecule has 2 fully saturated rings. The van der Waals surface area contributed by atoms with Gasteiger partial charge in [0.2, 0.25) is 25.9 Å². The number of hydrogen-bond acceptors (Lipinski definition) is 10. The molecule has 4 heterocycles. The van der Waals surface area contributed by atoms with Crippen molar-refractivity contribution in [2.24, 2.45) is 0 Å². The first-order valence-corrected chi connectivity index (χ1v) is 16.4. The Balaban J connectivity index is 1.08. The molecule has 1 aromatic heterocycles. The van der Waals surface area contributed by atoms with Crippen LogP contribution in [0.4, 0.5) is 0 Å². The number of piperidine rings is 1. The molecule has 0 aliphatic carbocycles. The highest BCUT2D eigenvalue weighted by Crippen LogP contribution is 2.37. The van der Waals surface area contributed by atoms with Crippen LogP contribution in [0.15, 0.2) is 46.3 Å². The first-order valence-electron chi connectivity index (χ1n) is 13.4. The fourth-order valence-electron chi connectivity index (χ4n) is 5.37. The van der Waals surface area contributed by atoms with Gasteiger partial charge in [-0.25, -0.2) is 26.5 Å². The molecule has 5 rings (SSSR count). The summed E-state index contributed by atoms with van der Waals surface area (Å²) in [5, 5.41) is 13.7. The largest absolute Gasteiger partial charge is 0.491 e. The Morgan fingerprint density at radius 2 is 2.00 bits per heavy atom. The Kier molecular flexibility index (Phi) is 8.66. The van der Waals surface area contributed by atoms with Crippen molar-refractivity contribution in [3.05, 3.63) is 42.1 Å². The first-order chi connectivity index (χ1) is 19.1. The van der Waals surface area contributed by atoms with Gasteiger partial charge >= 0.3 is 0 Å². The van der Waals surface area contributed by atoms with Gasteiger partial charge in [-0.1, -0.05) is 6.07 Å². The lowest BCUT2D eigenvalue weighted by Gasteiger charge is -2.38. The molecule has 0 radical (unpaired) electrons. The average Bonchev–Trinajstić information content (AvgIpc) is 3.37. The number of sulfonamides is 2. The summed E-state index contributed by atoms with van der Waals surface area (Å²) in [5.41, 5.74) is 0.434. The van der Waals surface area contributed by atoms with E-state index in [4.69, 9.17) is 14.2 Å². The van der Waals surface area contributed by atoms with Gasteiger partial charge in [-0.2, -0.15) is 4.31 Å². The summed E-state index contributed by atoms with van der Waals surface area (Å²) in [6.45, 7) is 2.06. The van der Waals surface area contributed by atoms with Gasteiger partial charge in [-0.15, -0.1) is 0 Å². The summed E-state index contributed by atoms with van der Waals surface area (Å²) >= 11 is 0. The summed E-state index contributed by atoms with van der Waals surface area (Å²) in [4.78, 5) is 4.51. The number of fused-ring (bicyclic) bond motifs is 1. The fraction of sp³-hybridized carbons (Fsp3) is 0.577. The van der Waals surface area contributed by atoms with Crippen LogP contribution in [-0.4, -0.2) is 95.5 Å². The van der Waals surface area contributed by atoms with Crippen molar-refractivity contribution in [1.82, 2.24) is 19.3 Å². The monoisotopic (exact) mass is 596 g/mol. The van der Waals surface area contributed by atoms with E-state index in [1.54, 1.807) is 18.2 Å². The number of hydrogen-bond donors (Lipinski definition) is 3. The van der Waals surface area contributed by atoms with E-state index in [1.165, 1.54) is 29.7 Å². The molecular weight excluding hydrogens is 560 g/mol. The second-order valence-electron chi connectivity index (χ2n) is 10.4. The molecule has 2 aromatic rings. The first kappa shape index (κ1) is 29.2. The Morgan fingerprint density at radius 3 is 2.77 bits per heavy atom. The highest BCUT2D eigenvalue weighted by molar-refractivity contribution is 7.89. The molecule has 1 aromatic carbocycles. The Morgan fingerprint density at radius 1 is 1.20 bits per heavy atom. The molecule has 14 heteroatoms. The van der Waals surface area contributed by atoms with E-state index in [9.17, 15) is 21.9 Å². The molecule has 0 saturated carbocycles. The van der Waals surface area contributed by atoms with E-state index in [-0.39, 0.29) is 29.0 Å². The number of pyridine rings is 1. The van der Waals surface area contributed by atoms with Gasteiger partial charge in [0.25, 0.3) is 0 Å². The van der Waals surface area contributed by atoms with Crippen LogP contribution < -0.4 is 19.5 Å². The zero-order chi connectivity index (χ0) is 28.4. The van der Waals surface area contributed by atoms with Crippen LogP contribution in [0, 0.1) is 0 Å². The molecule has 1 spiro atoms. The lowest BCUT2D eigenvalue weighted by atomic mass is 9.88. The minimum atomic E-state index is -3.66. The van der Waals surface area contributed by atoms with Crippen LogP contribution >= 0.6 is 0 Å². The van der Waals surface area contributed by atoms with Crippen LogP contribution in [-0.2, 0) is 31.2 Å². The van der Waals surface area contributed by atoms with Crippen molar-refractivity contribution >= 4 is 20.0 Å². The minimum Gasteiger partial charge on any atom is -0.491 e. The third-order valence-electron chi connectivity index (χ3n) is 7.68. The molecule has 0 bridgehead atoms. The van der Waals surface area contributed by atoms with Crippen LogP contribution in [0.25, 0.3) is 0 Å². The molecule has 3 N–H and O–H groups in total. The molecule has 3 aliphatic heterocycles.